The zero-order valence-electron chi connectivity index (χ0n) is 18.4. The minimum absolute atomic E-state index is 0.328. The maximum atomic E-state index is 11.3. The standard InChI is InChI=1S/C25H24N2O4S2/c1-3-30-22(25(28)29)13-17-4-10-20(11-5-17)31-14-24-16(2)12-23(33-24)19-8-6-18(7-9-19)21-15-32-27-26-21/h4-12,15,22H,3,13-14H2,1-2H3,(H,28,29). The SMILES string of the molecule is CCOC(Cc1ccc(OCc2sc(-c3ccc(-c4csnn4)cc3)cc2C)cc1)C(=O)O. The summed E-state index contributed by atoms with van der Waals surface area (Å²) in [6.07, 6.45) is -0.504. The highest BCUT2D eigenvalue weighted by Gasteiger charge is 2.18. The van der Waals surface area contributed by atoms with E-state index < -0.39 is 12.1 Å². The number of benzene rings is 2. The Morgan fingerprint density at radius 2 is 1.82 bits per heavy atom. The van der Waals surface area contributed by atoms with Gasteiger partial charge in [0.25, 0.3) is 0 Å². The summed E-state index contributed by atoms with van der Waals surface area (Å²) < 4.78 is 15.2. The highest BCUT2D eigenvalue weighted by atomic mass is 32.1. The molecule has 1 atom stereocenters. The third-order valence-electron chi connectivity index (χ3n) is 5.20. The lowest BCUT2D eigenvalue weighted by molar-refractivity contribution is -0.149. The number of thiophene rings is 1. The van der Waals surface area contributed by atoms with Gasteiger partial charge >= 0.3 is 5.97 Å². The van der Waals surface area contributed by atoms with Crippen molar-refractivity contribution in [3.05, 3.63) is 76.0 Å². The molecule has 0 aliphatic heterocycles. The first kappa shape index (κ1) is 23.1. The molecule has 1 N–H and O–H groups in total. The summed E-state index contributed by atoms with van der Waals surface area (Å²) >= 11 is 3.07. The molecular formula is C25H24N2O4S2. The van der Waals surface area contributed by atoms with Gasteiger partial charge in [0.2, 0.25) is 0 Å². The van der Waals surface area contributed by atoms with Crippen molar-refractivity contribution in [2.45, 2.75) is 33.0 Å². The third kappa shape index (κ3) is 5.84. The van der Waals surface area contributed by atoms with Crippen LogP contribution in [0, 0.1) is 6.92 Å². The number of aromatic nitrogens is 2. The monoisotopic (exact) mass is 480 g/mol. The molecule has 2 aromatic carbocycles. The number of hydrogen-bond donors (Lipinski definition) is 1. The molecule has 4 aromatic rings. The minimum atomic E-state index is -0.948. The van der Waals surface area contributed by atoms with Gasteiger partial charge in [0.15, 0.2) is 6.10 Å². The zero-order valence-corrected chi connectivity index (χ0v) is 20.0. The Kier molecular flexibility index (Phi) is 7.49. The molecule has 6 nitrogen and oxygen atoms in total. The van der Waals surface area contributed by atoms with E-state index in [9.17, 15) is 9.90 Å². The van der Waals surface area contributed by atoms with E-state index in [4.69, 9.17) is 9.47 Å². The predicted octanol–water partition coefficient (Wildman–Crippen LogP) is 5.85. The Hall–Kier alpha value is -3.07. The number of nitrogens with zero attached hydrogens (tertiary/aromatic N) is 2. The fraction of sp³-hybridized carbons (Fsp3) is 0.240. The van der Waals surface area contributed by atoms with Crippen molar-refractivity contribution in [2.75, 3.05) is 6.61 Å². The van der Waals surface area contributed by atoms with Crippen LogP contribution in [0.4, 0.5) is 0 Å². The van der Waals surface area contributed by atoms with Gasteiger partial charge in [-0.3, -0.25) is 0 Å². The first-order valence-electron chi connectivity index (χ1n) is 10.6. The van der Waals surface area contributed by atoms with Gasteiger partial charge in [0.05, 0.1) is 0 Å². The molecule has 0 fully saturated rings. The van der Waals surface area contributed by atoms with E-state index in [1.165, 1.54) is 26.9 Å². The van der Waals surface area contributed by atoms with Gasteiger partial charge < -0.3 is 14.6 Å². The van der Waals surface area contributed by atoms with Gasteiger partial charge in [0, 0.05) is 33.7 Å². The van der Waals surface area contributed by atoms with Gasteiger partial charge in [-0.15, -0.1) is 16.4 Å². The molecule has 4 rings (SSSR count). The van der Waals surface area contributed by atoms with Crippen LogP contribution in [0.25, 0.3) is 21.7 Å². The van der Waals surface area contributed by atoms with Crippen LogP contribution < -0.4 is 4.74 Å². The summed E-state index contributed by atoms with van der Waals surface area (Å²) in [5.41, 5.74) is 5.21. The molecule has 0 amide bonds. The maximum absolute atomic E-state index is 11.3. The Morgan fingerprint density at radius 1 is 1.09 bits per heavy atom. The van der Waals surface area contributed by atoms with E-state index >= 15 is 0 Å². The number of aliphatic carboxylic acids is 1. The normalized spacial score (nSPS) is 11.9. The Morgan fingerprint density at radius 3 is 2.45 bits per heavy atom. The Bertz CT molecular complexity index is 1190. The summed E-state index contributed by atoms with van der Waals surface area (Å²) in [7, 11) is 0. The molecule has 0 saturated carbocycles. The van der Waals surface area contributed by atoms with Gasteiger partial charge in [-0.1, -0.05) is 40.9 Å². The third-order valence-corrected chi connectivity index (χ3v) is 6.97. The van der Waals surface area contributed by atoms with Crippen molar-refractivity contribution in [1.82, 2.24) is 9.59 Å². The largest absolute Gasteiger partial charge is 0.488 e. The highest BCUT2D eigenvalue weighted by molar-refractivity contribution is 7.15. The molecular weight excluding hydrogens is 456 g/mol. The fourth-order valence-electron chi connectivity index (χ4n) is 3.40. The van der Waals surface area contributed by atoms with E-state index in [0.29, 0.717) is 19.6 Å². The number of hydrogen-bond acceptors (Lipinski definition) is 7. The van der Waals surface area contributed by atoms with Crippen LogP contribution >= 0.6 is 22.9 Å². The fourth-order valence-corrected chi connectivity index (χ4v) is 4.96. The highest BCUT2D eigenvalue weighted by Crippen LogP contribution is 2.33. The van der Waals surface area contributed by atoms with E-state index in [0.717, 1.165) is 28.1 Å². The molecule has 0 aliphatic rings. The maximum Gasteiger partial charge on any atom is 0.333 e. The molecule has 0 aliphatic carbocycles. The van der Waals surface area contributed by atoms with Crippen LogP contribution in [-0.4, -0.2) is 33.4 Å². The van der Waals surface area contributed by atoms with Crippen LogP contribution in [0.5, 0.6) is 5.75 Å². The molecule has 0 bridgehead atoms. The Labute approximate surface area is 200 Å². The van der Waals surface area contributed by atoms with Crippen LogP contribution in [0.15, 0.2) is 60.0 Å². The summed E-state index contributed by atoms with van der Waals surface area (Å²) in [4.78, 5) is 13.6. The topological polar surface area (TPSA) is 81.5 Å². The summed E-state index contributed by atoms with van der Waals surface area (Å²) in [5.74, 6) is -0.200. The van der Waals surface area contributed by atoms with E-state index in [2.05, 4.69) is 46.8 Å². The number of rotatable bonds is 10. The smallest absolute Gasteiger partial charge is 0.333 e. The second-order valence-electron chi connectivity index (χ2n) is 7.50. The summed E-state index contributed by atoms with van der Waals surface area (Å²) in [6.45, 7) is 4.74. The molecule has 170 valence electrons. The summed E-state index contributed by atoms with van der Waals surface area (Å²) in [5, 5.41) is 15.3. The predicted molar refractivity (Wildman–Crippen MR) is 131 cm³/mol. The molecule has 1 unspecified atom stereocenters. The van der Waals surface area contributed by atoms with Crippen LogP contribution in [0.2, 0.25) is 0 Å². The van der Waals surface area contributed by atoms with E-state index in [-0.39, 0.29) is 0 Å². The molecule has 33 heavy (non-hydrogen) atoms. The molecule has 2 aromatic heterocycles. The second kappa shape index (κ2) is 10.7. The Balaban J connectivity index is 1.38. The van der Waals surface area contributed by atoms with E-state index in [1.807, 2.05) is 29.6 Å². The number of carboxylic acids is 1. The first-order valence-corrected chi connectivity index (χ1v) is 12.2. The van der Waals surface area contributed by atoms with Gasteiger partial charge in [0.1, 0.15) is 18.1 Å². The lowest BCUT2D eigenvalue weighted by atomic mass is 10.1. The van der Waals surface area contributed by atoms with Crippen LogP contribution in [0.1, 0.15) is 22.9 Å². The molecule has 0 saturated heterocycles. The lowest BCUT2D eigenvalue weighted by Crippen LogP contribution is -2.26. The average Bonchev–Trinajstić information content (AvgIpc) is 3.48. The second-order valence-corrected chi connectivity index (χ2v) is 9.25. The van der Waals surface area contributed by atoms with Crippen LogP contribution in [-0.2, 0) is 22.6 Å². The van der Waals surface area contributed by atoms with Crippen molar-refractivity contribution in [2.24, 2.45) is 0 Å². The van der Waals surface area contributed by atoms with Gasteiger partial charge in [-0.2, -0.15) is 0 Å². The molecule has 8 heteroatoms. The van der Waals surface area contributed by atoms with E-state index in [1.54, 1.807) is 18.3 Å². The number of carboxylic acid groups (broad SMARTS) is 1. The number of ether oxygens (including phenoxy) is 2. The quantitative estimate of drug-likeness (QED) is 0.306. The van der Waals surface area contributed by atoms with Crippen molar-refractivity contribution in [3.63, 3.8) is 0 Å². The minimum Gasteiger partial charge on any atom is -0.488 e. The van der Waals surface area contributed by atoms with Gasteiger partial charge in [-0.05, 0) is 60.3 Å². The van der Waals surface area contributed by atoms with Crippen molar-refractivity contribution in [1.29, 1.82) is 0 Å². The number of aryl methyl sites for hydroxylation is 1. The van der Waals surface area contributed by atoms with Crippen molar-refractivity contribution < 1.29 is 19.4 Å². The lowest BCUT2D eigenvalue weighted by Gasteiger charge is -2.13. The average molecular weight is 481 g/mol. The molecule has 2 heterocycles. The van der Waals surface area contributed by atoms with Gasteiger partial charge in [-0.25, -0.2) is 4.79 Å². The van der Waals surface area contributed by atoms with Crippen LogP contribution in [0.3, 0.4) is 0 Å². The zero-order chi connectivity index (χ0) is 23.2. The summed E-state index contributed by atoms with van der Waals surface area (Å²) in [6, 6.07) is 18.1. The molecule has 0 radical (unpaired) electrons. The van der Waals surface area contributed by atoms with Crippen molar-refractivity contribution in [3.8, 4) is 27.4 Å². The number of carbonyl (C=O) groups is 1. The first-order chi connectivity index (χ1) is 16.0. The van der Waals surface area contributed by atoms with Crippen molar-refractivity contribution >= 4 is 28.8 Å². The molecule has 0 spiro atoms.